The maximum absolute atomic E-state index is 13.2. The molecule has 0 N–H and O–H groups in total. The van der Waals surface area contributed by atoms with Crippen molar-refractivity contribution in [2.45, 2.75) is 18.8 Å². The molecule has 1 aromatic rings. The van der Waals surface area contributed by atoms with Crippen LogP contribution in [-0.4, -0.2) is 50.8 Å². The van der Waals surface area contributed by atoms with E-state index in [9.17, 15) is 24.0 Å². The molecule has 3 rings (SSSR count). The van der Waals surface area contributed by atoms with Crippen molar-refractivity contribution in [1.29, 1.82) is 0 Å². The predicted molar refractivity (Wildman–Crippen MR) is 93.1 cm³/mol. The van der Waals surface area contributed by atoms with Crippen molar-refractivity contribution in [2.24, 2.45) is 17.3 Å². The highest BCUT2D eigenvalue weighted by atomic mass is 16.5. The van der Waals surface area contributed by atoms with Crippen LogP contribution in [0.1, 0.15) is 29.9 Å². The molecule has 0 heterocycles. The first kappa shape index (κ1) is 19.7. The van der Waals surface area contributed by atoms with Gasteiger partial charge in [-0.1, -0.05) is 24.3 Å². The Morgan fingerprint density at radius 3 is 1.57 bits per heavy atom. The molecule has 1 saturated carbocycles. The normalized spacial score (nSPS) is 30.2. The largest absolute Gasteiger partial charge is 0.468 e. The molecule has 4 unspecified atom stereocenters. The standard InChI is InChI=1S/C20H20O8/c1-9(21)20(19(25)28-4)14-10-7-5-6-8-11(10)15(20)13(18(24)27-3)16(22)12(14)17(23)26-2/h5-8,12-15H,1-4H3. The zero-order valence-electron chi connectivity index (χ0n) is 15.9. The summed E-state index contributed by atoms with van der Waals surface area (Å²) in [5.74, 6) is -9.36. The fraction of sp³-hybridized carbons (Fsp3) is 0.450. The van der Waals surface area contributed by atoms with Gasteiger partial charge in [-0.2, -0.15) is 0 Å². The molecule has 2 aliphatic carbocycles. The number of ketones is 2. The lowest BCUT2D eigenvalue weighted by Gasteiger charge is -2.44. The van der Waals surface area contributed by atoms with Gasteiger partial charge >= 0.3 is 17.9 Å². The van der Waals surface area contributed by atoms with E-state index >= 15 is 0 Å². The minimum absolute atomic E-state index is 0.475. The zero-order valence-corrected chi connectivity index (χ0v) is 15.9. The fourth-order valence-corrected chi connectivity index (χ4v) is 4.93. The van der Waals surface area contributed by atoms with Gasteiger partial charge in [0, 0.05) is 11.8 Å². The summed E-state index contributed by atoms with van der Waals surface area (Å²) in [6.45, 7) is 1.20. The second-order valence-corrected chi connectivity index (χ2v) is 6.91. The van der Waals surface area contributed by atoms with E-state index in [-0.39, 0.29) is 0 Å². The van der Waals surface area contributed by atoms with Crippen LogP contribution in [0.5, 0.6) is 0 Å². The molecule has 0 aromatic heterocycles. The molecule has 2 bridgehead atoms. The Morgan fingerprint density at radius 1 is 0.821 bits per heavy atom. The summed E-state index contributed by atoms with van der Waals surface area (Å²) in [5, 5.41) is 0. The van der Waals surface area contributed by atoms with Crippen LogP contribution in [0.4, 0.5) is 0 Å². The molecular weight excluding hydrogens is 368 g/mol. The second-order valence-electron chi connectivity index (χ2n) is 6.91. The first-order valence-electron chi connectivity index (χ1n) is 8.66. The highest BCUT2D eigenvalue weighted by Gasteiger charge is 2.73. The number of carbonyl (C=O) groups excluding carboxylic acids is 5. The molecule has 4 atom stereocenters. The van der Waals surface area contributed by atoms with Crippen LogP contribution in [0.2, 0.25) is 0 Å². The van der Waals surface area contributed by atoms with Gasteiger partial charge in [0.1, 0.15) is 23.0 Å². The summed E-state index contributed by atoms with van der Waals surface area (Å²) >= 11 is 0. The highest BCUT2D eigenvalue weighted by Crippen LogP contribution is 2.66. The number of hydrogen-bond donors (Lipinski definition) is 0. The summed E-state index contributed by atoms with van der Waals surface area (Å²) in [6.07, 6.45) is 0. The third kappa shape index (κ3) is 2.26. The maximum atomic E-state index is 13.2. The molecule has 0 aliphatic heterocycles. The van der Waals surface area contributed by atoms with Gasteiger partial charge in [-0.05, 0) is 18.1 Å². The van der Waals surface area contributed by atoms with Crippen molar-refractivity contribution in [2.75, 3.05) is 21.3 Å². The molecule has 8 nitrogen and oxygen atoms in total. The minimum Gasteiger partial charge on any atom is -0.468 e. The van der Waals surface area contributed by atoms with Crippen LogP contribution < -0.4 is 0 Å². The van der Waals surface area contributed by atoms with Gasteiger partial charge in [0.05, 0.1) is 21.3 Å². The molecule has 0 saturated heterocycles. The SMILES string of the molecule is COC(=O)C1C(=O)C(C(=O)OC)C2c3ccccc3C1C2(C(C)=O)C(=O)OC. The average Bonchev–Trinajstić information content (AvgIpc) is 2.93. The number of benzene rings is 1. The lowest BCUT2D eigenvalue weighted by Crippen LogP contribution is -2.59. The third-order valence-electron chi connectivity index (χ3n) is 5.94. The monoisotopic (exact) mass is 388 g/mol. The van der Waals surface area contributed by atoms with Crippen LogP contribution in [0.15, 0.2) is 24.3 Å². The van der Waals surface area contributed by atoms with Crippen molar-refractivity contribution in [3.63, 3.8) is 0 Å². The molecule has 0 radical (unpaired) electrons. The van der Waals surface area contributed by atoms with E-state index in [0.717, 1.165) is 21.3 Å². The van der Waals surface area contributed by atoms with Crippen molar-refractivity contribution >= 4 is 29.5 Å². The summed E-state index contributed by atoms with van der Waals surface area (Å²) < 4.78 is 14.5. The molecule has 8 heteroatoms. The number of Topliss-reactive ketones (excluding diaryl/α,β-unsaturated/α-hetero) is 2. The van der Waals surface area contributed by atoms with Gasteiger partial charge in [0.2, 0.25) is 0 Å². The van der Waals surface area contributed by atoms with E-state index in [1.165, 1.54) is 6.92 Å². The second kappa shape index (κ2) is 6.85. The van der Waals surface area contributed by atoms with E-state index in [1.54, 1.807) is 24.3 Å². The quantitative estimate of drug-likeness (QED) is 0.422. The van der Waals surface area contributed by atoms with Crippen LogP contribution in [-0.2, 0) is 38.2 Å². The number of fused-ring (bicyclic) bond motifs is 5. The van der Waals surface area contributed by atoms with E-state index in [2.05, 4.69) is 0 Å². The van der Waals surface area contributed by atoms with Crippen molar-refractivity contribution in [3.05, 3.63) is 35.4 Å². The summed E-state index contributed by atoms with van der Waals surface area (Å²) in [5.41, 5.74) is -0.962. The molecule has 1 fully saturated rings. The number of rotatable bonds is 4. The predicted octanol–water partition coefficient (Wildman–Crippen LogP) is 0.777. The van der Waals surface area contributed by atoms with Gasteiger partial charge < -0.3 is 14.2 Å². The molecule has 148 valence electrons. The Hall–Kier alpha value is -3.03. The molecule has 28 heavy (non-hydrogen) atoms. The number of carbonyl (C=O) groups is 5. The van der Waals surface area contributed by atoms with Crippen molar-refractivity contribution in [1.82, 2.24) is 0 Å². The van der Waals surface area contributed by atoms with Gasteiger partial charge in [-0.15, -0.1) is 0 Å². The minimum atomic E-state index is -1.91. The van der Waals surface area contributed by atoms with Crippen LogP contribution in [0.3, 0.4) is 0 Å². The van der Waals surface area contributed by atoms with Gasteiger partial charge in [-0.3, -0.25) is 24.0 Å². The van der Waals surface area contributed by atoms with Crippen LogP contribution in [0, 0.1) is 17.3 Å². The van der Waals surface area contributed by atoms with Crippen molar-refractivity contribution < 1.29 is 38.2 Å². The molecule has 0 amide bonds. The Bertz CT molecular complexity index is 833. The topological polar surface area (TPSA) is 113 Å². The maximum Gasteiger partial charge on any atom is 0.320 e. The fourth-order valence-electron chi connectivity index (χ4n) is 4.93. The van der Waals surface area contributed by atoms with Crippen LogP contribution in [0.25, 0.3) is 0 Å². The Balaban J connectivity index is 2.44. The summed E-state index contributed by atoms with van der Waals surface area (Å²) in [6, 6.07) is 6.63. The Kier molecular flexibility index (Phi) is 4.82. The van der Waals surface area contributed by atoms with E-state index in [4.69, 9.17) is 14.2 Å². The van der Waals surface area contributed by atoms with Gasteiger partial charge in [0.25, 0.3) is 0 Å². The third-order valence-corrected chi connectivity index (χ3v) is 5.94. The highest BCUT2D eigenvalue weighted by molar-refractivity contribution is 6.17. The number of methoxy groups -OCH3 is 3. The first-order valence-corrected chi connectivity index (χ1v) is 8.66. The van der Waals surface area contributed by atoms with Crippen LogP contribution >= 0.6 is 0 Å². The van der Waals surface area contributed by atoms with Gasteiger partial charge in [-0.25, -0.2) is 0 Å². The lowest BCUT2D eigenvalue weighted by atomic mass is 9.54. The Morgan fingerprint density at radius 2 is 1.25 bits per heavy atom. The number of ether oxygens (including phenoxy) is 3. The number of hydrogen-bond acceptors (Lipinski definition) is 8. The smallest absolute Gasteiger partial charge is 0.320 e. The Labute approximate surface area is 161 Å². The number of esters is 3. The molecule has 1 aromatic carbocycles. The molecule has 0 spiro atoms. The average molecular weight is 388 g/mol. The summed E-state index contributed by atoms with van der Waals surface area (Å²) in [7, 11) is 3.32. The zero-order chi connectivity index (χ0) is 20.8. The van der Waals surface area contributed by atoms with E-state index in [1.807, 2.05) is 0 Å². The van der Waals surface area contributed by atoms with Gasteiger partial charge in [0.15, 0.2) is 5.78 Å². The summed E-state index contributed by atoms with van der Waals surface area (Å²) in [4.78, 5) is 64.4. The van der Waals surface area contributed by atoms with Crippen molar-refractivity contribution in [3.8, 4) is 0 Å². The molecular formula is C20H20O8. The molecule has 2 aliphatic rings. The lowest BCUT2D eigenvalue weighted by molar-refractivity contribution is -0.174. The van der Waals surface area contributed by atoms with E-state index < -0.39 is 58.6 Å². The first-order chi connectivity index (χ1) is 13.3. The van der Waals surface area contributed by atoms with E-state index in [0.29, 0.717) is 11.1 Å².